The number of nitrogens with zero attached hydrogens (tertiary/aromatic N) is 2. The average Bonchev–Trinajstić information content (AvgIpc) is 3.09. The third-order valence-electron chi connectivity index (χ3n) is 3.40. The first-order valence-electron chi connectivity index (χ1n) is 7.21. The van der Waals surface area contributed by atoms with Gasteiger partial charge in [-0.1, -0.05) is 0 Å². The lowest BCUT2D eigenvalue weighted by Crippen LogP contribution is -1.93. The first kappa shape index (κ1) is 16.8. The fraction of sp³-hybridized carbons (Fsp3) is 0. The highest BCUT2D eigenvalue weighted by Crippen LogP contribution is 2.32. The lowest BCUT2D eigenvalue weighted by atomic mass is 10.1. The third-order valence-corrected chi connectivity index (χ3v) is 4.06. The molecule has 0 amide bonds. The summed E-state index contributed by atoms with van der Waals surface area (Å²) in [6.07, 6.45) is 6.07. The van der Waals surface area contributed by atoms with Gasteiger partial charge in [0.15, 0.2) is 5.78 Å². The first-order valence-corrected chi connectivity index (χ1v) is 8.00. The summed E-state index contributed by atoms with van der Waals surface area (Å²) in [7, 11) is 0. The molecule has 124 valence electrons. The summed E-state index contributed by atoms with van der Waals surface area (Å²) in [6, 6.07) is 11.3. The Morgan fingerprint density at radius 1 is 1.24 bits per heavy atom. The number of aromatic nitrogens is 1. The van der Waals surface area contributed by atoms with Crippen LogP contribution in [0, 0.1) is 10.1 Å². The first-order chi connectivity index (χ1) is 12.0. The molecule has 0 aliphatic heterocycles. The number of hydrogen-bond donors (Lipinski definition) is 0. The van der Waals surface area contributed by atoms with E-state index < -0.39 is 4.92 Å². The van der Waals surface area contributed by atoms with Gasteiger partial charge in [0.25, 0.3) is 5.69 Å². The third kappa shape index (κ3) is 3.89. The highest BCUT2D eigenvalue weighted by atomic mass is 79.9. The molecule has 0 atom stereocenters. The van der Waals surface area contributed by atoms with Crippen molar-refractivity contribution >= 4 is 33.5 Å². The molecule has 2 heterocycles. The number of allylic oxidation sites excluding steroid dienone is 1. The highest BCUT2D eigenvalue weighted by Gasteiger charge is 2.13. The van der Waals surface area contributed by atoms with Gasteiger partial charge in [0.05, 0.1) is 4.92 Å². The molecule has 0 unspecified atom stereocenters. The van der Waals surface area contributed by atoms with Gasteiger partial charge in [-0.15, -0.1) is 0 Å². The molecule has 3 aromatic rings. The van der Waals surface area contributed by atoms with Crippen LogP contribution in [0.3, 0.4) is 0 Å². The van der Waals surface area contributed by atoms with Gasteiger partial charge in [-0.25, -0.2) is 0 Å². The largest absolute Gasteiger partial charge is 0.457 e. The Hall–Kier alpha value is -3.06. The molecule has 6 nitrogen and oxygen atoms in total. The van der Waals surface area contributed by atoms with Gasteiger partial charge in [0.2, 0.25) is 0 Å². The van der Waals surface area contributed by atoms with Gasteiger partial charge in [-0.05, 0) is 58.4 Å². The fourth-order valence-corrected chi connectivity index (χ4v) is 2.73. The van der Waals surface area contributed by atoms with E-state index in [0.717, 1.165) is 0 Å². The number of halogens is 1. The summed E-state index contributed by atoms with van der Waals surface area (Å²) in [5.74, 6) is 0.857. The maximum atomic E-state index is 12.0. The Morgan fingerprint density at radius 2 is 2.08 bits per heavy atom. The van der Waals surface area contributed by atoms with Crippen molar-refractivity contribution in [1.82, 2.24) is 4.98 Å². The standard InChI is InChI=1S/C18H11BrN2O4/c19-16-10-13(21(23)24)3-6-15(16)18-8-5-14(25-18)4-7-17(22)12-2-1-9-20-11-12/h1-11H/b7-4+. The molecular formula is C18H11BrN2O4. The van der Waals surface area contributed by atoms with E-state index in [9.17, 15) is 14.9 Å². The van der Waals surface area contributed by atoms with E-state index in [1.54, 1.807) is 42.6 Å². The van der Waals surface area contributed by atoms with Gasteiger partial charge in [-0.2, -0.15) is 0 Å². The van der Waals surface area contributed by atoms with Gasteiger partial charge in [0, 0.05) is 40.1 Å². The van der Waals surface area contributed by atoms with Crippen molar-refractivity contribution in [2.75, 3.05) is 0 Å². The number of non-ortho nitro benzene ring substituents is 1. The van der Waals surface area contributed by atoms with E-state index in [2.05, 4.69) is 20.9 Å². The molecule has 0 N–H and O–H groups in total. The van der Waals surface area contributed by atoms with Crippen LogP contribution in [0.25, 0.3) is 17.4 Å². The molecule has 0 aliphatic rings. The summed E-state index contributed by atoms with van der Waals surface area (Å²) >= 11 is 3.31. The average molecular weight is 399 g/mol. The van der Waals surface area contributed by atoms with Crippen LogP contribution >= 0.6 is 15.9 Å². The van der Waals surface area contributed by atoms with E-state index >= 15 is 0 Å². The van der Waals surface area contributed by atoms with Crippen LogP contribution in [-0.2, 0) is 0 Å². The number of carbonyl (C=O) groups excluding carboxylic acids is 1. The minimum absolute atomic E-state index is 0.00984. The Bertz CT molecular complexity index is 964. The number of nitro groups is 1. The zero-order chi connectivity index (χ0) is 17.8. The molecule has 25 heavy (non-hydrogen) atoms. The van der Waals surface area contributed by atoms with Gasteiger partial charge in [0.1, 0.15) is 11.5 Å². The molecule has 2 aromatic heterocycles. The lowest BCUT2D eigenvalue weighted by Gasteiger charge is -2.00. The van der Waals surface area contributed by atoms with Crippen molar-refractivity contribution in [2.24, 2.45) is 0 Å². The molecule has 3 rings (SSSR count). The van der Waals surface area contributed by atoms with Crippen LogP contribution in [-0.4, -0.2) is 15.7 Å². The molecule has 0 saturated carbocycles. The topological polar surface area (TPSA) is 86.2 Å². The summed E-state index contributed by atoms with van der Waals surface area (Å²) in [6.45, 7) is 0. The molecule has 1 aromatic carbocycles. The number of rotatable bonds is 5. The predicted molar refractivity (Wildman–Crippen MR) is 96.1 cm³/mol. The van der Waals surface area contributed by atoms with E-state index in [-0.39, 0.29) is 11.5 Å². The van der Waals surface area contributed by atoms with Crippen molar-refractivity contribution in [3.8, 4) is 11.3 Å². The number of pyridine rings is 1. The molecule has 0 fully saturated rings. The van der Waals surface area contributed by atoms with Gasteiger partial charge in [-0.3, -0.25) is 19.9 Å². The van der Waals surface area contributed by atoms with E-state index in [4.69, 9.17) is 4.42 Å². The zero-order valence-electron chi connectivity index (χ0n) is 12.8. The maximum absolute atomic E-state index is 12.0. The Morgan fingerprint density at radius 3 is 2.76 bits per heavy atom. The number of ketones is 1. The molecular weight excluding hydrogens is 388 g/mol. The fourth-order valence-electron chi connectivity index (χ4n) is 2.17. The second-order valence-electron chi connectivity index (χ2n) is 5.06. The molecule has 0 spiro atoms. The molecule has 0 bridgehead atoms. The number of benzene rings is 1. The van der Waals surface area contributed by atoms with Crippen molar-refractivity contribution in [2.45, 2.75) is 0 Å². The normalized spacial score (nSPS) is 10.9. The van der Waals surface area contributed by atoms with Crippen LogP contribution in [0.4, 0.5) is 5.69 Å². The minimum Gasteiger partial charge on any atom is -0.457 e. The van der Waals surface area contributed by atoms with E-state index in [1.165, 1.54) is 24.4 Å². The smallest absolute Gasteiger partial charge is 0.270 e. The lowest BCUT2D eigenvalue weighted by molar-refractivity contribution is -0.384. The number of carbonyl (C=O) groups is 1. The summed E-state index contributed by atoms with van der Waals surface area (Å²) < 4.78 is 6.24. The number of hydrogen-bond acceptors (Lipinski definition) is 5. The molecule has 7 heteroatoms. The second kappa shape index (κ2) is 7.23. The summed E-state index contributed by atoms with van der Waals surface area (Å²) in [5.41, 5.74) is 1.16. The van der Waals surface area contributed by atoms with Crippen LogP contribution in [0.2, 0.25) is 0 Å². The maximum Gasteiger partial charge on any atom is 0.270 e. The zero-order valence-corrected chi connectivity index (χ0v) is 14.3. The number of nitro benzene ring substituents is 1. The summed E-state index contributed by atoms with van der Waals surface area (Å²) in [4.78, 5) is 26.2. The quantitative estimate of drug-likeness (QED) is 0.263. The molecule has 0 aliphatic carbocycles. The van der Waals surface area contributed by atoms with E-state index in [0.29, 0.717) is 27.1 Å². The van der Waals surface area contributed by atoms with Gasteiger partial charge >= 0.3 is 0 Å². The van der Waals surface area contributed by atoms with Crippen molar-refractivity contribution in [1.29, 1.82) is 0 Å². The number of furan rings is 1. The second-order valence-corrected chi connectivity index (χ2v) is 5.92. The Labute approximate surface area is 151 Å². The SMILES string of the molecule is O=C(/C=C/c1ccc(-c2ccc([N+](=O)[O-])cc2Br)o1)c1cccnc1. The van der Waals surface area contributed by atoms with Crippen LogP contribution in [0.5, 0.6) is 0 Å². The highest BCUT2D eigenvalue weighted by molar-refractivity contribution is 9.10. The van der Waals surface area contributed by atoms with Crippen molar-refractivity contribution in [3.63, 3.8) is 0 Å². The molecule has 0 radical (unpaired) electrons. The van der Waals surface area contributed by atoms with Gasteiger partial charge < -0.3 is 4.42 Å². The van der Waals surface area contributed by atoms with E-state index in [1.807, 2.05) is 0 Å². The Balaban J connectivity index is 1.80. The van der Waals surface area contributed by atoms with Crippen LogP contribution in [0.15, 0.2) is 69.8 Å². The monoisotopic (exact) mass is 398 g/mol. The minimum atomic E-state index is -0.463. The predicted octanol–water partition coefficient (Wildman–Crippen LogP) is 4.91. The molecule has 0 saturated heterocycles. The summed E-state index contributed by atoms with van der Waals surface area (Å²) in [5, 5.41) is 10.8. The van der Waals surface area contributed by atoms with Crippen molar-refractivity contribution in [3.05, 3.63) is 86.8 Å². The van der Waals surface area contributed by atoms with Crippen LogP contribution < -0.4 is 0 Å². The van der Waals surface area contributed by atoms with Crippen LogP contribution in [0.1, 0.15) is 16.1 Å². The van der Waals surface area contributed by atoms with Crippen molar-refractivity contribution < 1.29 is 14.1 Å². The Kier molecular flexibility index (Phi) is 4.85.